The van der Waals surface area contributed by atoms with Crippen LogP contribution in [0.5, 0.6) is 0 Å². The molecule has 0 fully saturated rings. The number of rotatable bonds is 4. The van der Waals surface area contributed by atoms with Crippen molar-refractivity contribution in [2.24, 2.45) is 0 Å². The molecule has 4 heteroatoms. The monoisotopic (exact) mass is 224 g/mol. The van der Waals surface area contributed by atoms with Gasteiger partial charge in [-0.2, -0.15) is 5.26 Å². The highest BCUT2D eigenvalue weighted by Gasteiger charge is 2.04. The average Bonchev–Trinajstić information content (AvgIpc) is 2.21. The van der Waals surface area contributed by atoms with Crippen LogP contribution in [-0.4, -0.2) is 19.8 Å². The van der Waals surface area contributed by atoms with Crippen LogP contribution >= 0.6 is 11.6 Å². The van der Waals surface area contributed by atoms with Gasteiger partial charge in [0, 0.05) is 18.8 Å². The van der Waals surface area contributed by atoms with Crippen molar-refractivity contribution in [2.75, 3.05) is 19.0 Å². The van der Waals surface area contributed by atoms with E-state index in [0.29, 0.717) is 17.2 Å². The van der Waals surface area contributed by atoms with Gasteiger partial charge in [-0.25, -0.2) is 0 Å². The van der Waals surface area contributed by atoms with Crippen LogP contribution in [0.25, 0.3) is 0 Å². The van der Waals surface area contributed by atoms with Crippen LogP contribution in [0.3, 0.4) is 0 Å². The number of nitrogens with one attached hydrogen (secondary N) is 1. The summed E-state index contributed by atoms with van der Waals surface area (Å²) in [6, 6.07) is 7.52. The Kier molecular flexibility index (Phi) is 4.41. The molecule has 15 heavy (non-hydrogen) atoms. The molecule has 0 aliphatic carbocycles. The Labute approximate surface area is 94.6 Å². The van der Waals surface area contributed by atoms with E-state index in [1.165, 1.54) is 0 Å². The maximum absolute atomic E-state index is 8.79. The molecule has 0 bridgehead atoms. The van der Waals surface area contributed by atoms with Crippen molar-refractivity contribution in [3.8, 4) is 6.07 Å². The summed E-state index contributed by atoms with van der Waals surface area (Å²) in [7, 11) is 1.65. The second-order valence-corrected chi connectivity index (χ2v) is 3.71. The van der Waals surface area contributed by atoms with Gasteiger partial charge in [-0.1, -0.05) is 11.6 Å². The Morgan fingerprint density at radius 3 is 2.93 bits per heavy atom. The van der Waals surface area contributed by atoms with E-state index in [1.54, 1.807) is 19.2 Å². The fraction of sp³-hybridized carbons (Fsp3) is 0.364. The maximum atomic E-state index is 8.79. The number of ether oxygens (including phenoxy) is 1. The third-order valence-corrected chi connectivity index (χ3v) is 2.25. The Morgan fingerprint density at radius 1 is 1.60 bits per heavy atom. The summed E-state index contributed by atoms with van der Waals surface area (Å²) >= 11 is 5.82. The van der Waals surface area contributed by atoms with Gasteiger partial charge in [0.15, 0.2) is 0 Å². The lowest BCUT2D eigenvalue weighted by Crippen LogP contribution is -2.20. The molecule has 0 aliphatic rings. The van der Waals surface area contributed by atoms with Crippen LogP contribution in [0.1, 0.15) is 12.5 Å². The second-order valence-electron chi connectivity index (χ2n) is 3.31. The zero-order valence-electron chi connectivity index (χ0n) is 8.75. The van der Waals surface area contributed by atoms with E-state index in [0.717, 1.165) is 5.69 Å². The predicted molar refractivity (Wildman–Crippen MR) is 61.1 cm³/mol. The van der Waals surface area contributed by atoms with E-state index in [2.05, 4.69) is 5.32 Å². The largest absolute Gasteiger partial charge is 0.383 e. The minimum absolute atomic E-state index is 0.197. The van der Waals surface area contributed by atoms with Gasteiger partial charge in [-0.3, -0.25) is 0 Å². The van der Waals surface area contributed by atoms with Gasteiger partial charge >= 0.3 is 0 Å². The average molecular weight is 225 g/mol. The van der Waals surface area contributed by atoms with Crippen molar-refractivity contribution in [1.29, 1.82) is 5.26 Å². The zero-order chi connectivity index (χ0) is 11.3. The van der Waals surface area contributed by atoms with Crippen LogP contribution in [0.2, 0.25) is 5.02 Å². The second kappa shape index (κ2) is 5.59. The van der Waals surface area contributed by atoms with E-state index < -0.39 is 0 Å². The van der Waals surface area contributed by atoms with Crippen LogP contribution in [0.15, 0.2) is 18.2 Å². The third-order valence-electron chi connectivity index (χ3n) is 1.92. The van der Waals surface area contributed by atoms with E-state index in [4.69, 9.17) is 21.6 Å². The molecule has 1 atom stereocenters. The molecule has 0 saturated carbocycles. The van der Waals surface area contributed by atoms with Crippen molar-refractivity contribution in [3.05, 3.63) is 28.8 Å². The molecule has 0 aromatic heterocycles. The maximum Gasteiger partial charge on any atom is 0.101 e. The zero-order valence-corrected chi connectivity index (χ0v) is 9.51. The highest BCUT2D eigenvalue weighted by Crippen LogP contribution is 2.20. The Morgan fingerprint density at radius 2 is 2.33 bits per heavy atom. The summed E-state index contributed by atoms with van der Waals surface area (Å²) in [6.45, 7) is 2.62. The molecule has 1 aromatic carbocycles. The first-order valence-electron chi connectivity index (χ1n) is 4.62. The Balaban J connectivity index is 2.75. The molecule has 1 unspecified atom stereocenters. The minimum atomic E-state index is 0.197. The molecule has 80 valence electrons. The number of benzene rings is 1. The lowest BCUT2D eigenvalue weighted by molar-refractivity contribution is 0.190. The van der Waals surface area contributed by atoms with E-state index in [9.17, 15) is 0 Å². The summed E-state index contributed by atoms with van der Waals surface area (Å²) in [5, 5.41) is 12.5. The molecular weight excluding hydrogens is 212 g/mol. The first-order valence-corrected chi connectivity index (χ1v) is 5.00. The van der Waals surface area contributed by atoms with Gasteiger partial charge in [0.1, 0.15) is 6.07 Å². The van der Waals surface area contributed by atoms with E-state index >= 15 is 0 Å². The van der Waals surface area contributed by atoms with Crippen LogP contribution in [-0.2, 0) is 4.74 Å². The number of nitrogens with zero attached hydrogens (tertiary/aromatic N) is 1. The highest BCUT2D eigenvalue weighted by molar-refractivity contribution is 6.31. The summed E-state index contributed by atoms with van der Waals surface area (Å²) in [4.78, 5) is 0. The first kappa shape index (κ1) is 11.8. The van der Waals surface area contributed by atoms with Gasteiger partial charge in [-0.15, -0.1) is 0 Å². The molecule has 0 amide bonds. The smallest absolute Gasteiger partial charge is 0.101 e. The fourth-order valence-electron chi connectivity index (χ4n) is 1.28. The normalized spacial score (nSPS) is 11.9. The molecule has 0 saturated heterocycles. The Hall–Kier alpha value is -1.24. The molecule has 0 radical (unpaired) electrons. The van der Waals surface area contributed by atoms with Crippen LogP contribution in [0.4, 0.5) is 5.69 Å². The topological polar surface area (TPSA) is 45.0 Å². The van der Waals surface area contributed by atoms with Crippen molar-refractivity contribution < 1.29 is 4.74 Å². The SMILES string of the molecule is COCC(C)Nc1ccc(Cl)c(C#N)c1. The van der Waals surface area contributed by atoms with Gasteiger partial charge in [0.25, 0.3) is 0 Å². The quantitative estimate of drug-likeness (QED) is 0.855. The number of hydrogen-bond acceptors (Lipinski definition) is 3. The molecule has 0 spiro atoms. The molecular formula is C11H13ClN2O. The van der Waals surface area contributed by atoms with Crippen molar-refractivity contribution in [2.45, 2.75) is 13.0 Å². The number of anilines is 1. The van der Waals surface area contributed by atoms with Gasteiger partial charge in [-0.05, 0) is 25.1 Å². The Bertz CT molecular complexity index is 373. The van der Waals surface area contributed by atoms with Gasteiger partial charge in [0.05, 0.1) is 17.2 Å². The molecule has 3 nitrogen and oxygen atoms in total. The fourth-order valence-corrected chi connectivity index (χ4v) is 1.44. The summed E-state index contributed by atoms with van der Waals surface area (Å²) in [5.74, 6) is 0. The molecule has 0 aliphatic heterocycles. The highest BCUT2D eigenvalue weighted by atomic mass is 35.5. The lowest BCUT2D eigenvalue weighted by Gasteiger charge is -2.14. The van der Waals surface area contributed by atoms with Crippen LogP contribution in [0, 0.1) is 11.3 Å². The number of halogens is 1. The van der Waals surface area contributed by atoms with Crippen LogP contribution < -0.4 is 5.32 Å². The summed E-state index contributed by atoms with van der Waals surface area (Å²) < 4.78 is 5.00. The van der Waals surface area contributed by atoms with Gasteiger partial charge in [0.2, 0.25) is 0 Å². The van der Waals surface area contributed by atoms with Crippen molar-refractivity contribution in [1.82, 2.24) is 0 Å². The number of methoxy groups -OCH3 is 1. The van der Waals surface area contributed by atoms with Crippen molar-refractivity contribution >= 4 is 17.3 Å². The molecule has 1 aromatic rings. The minimum Gasteiger partial charge on any atom is -0.383 e. The van der Waals surface area contributed by atoms with E-state index in [-0.39, 0.29) is 6.04 Å². The summed E-state index contributed by atoms with van der Waals surface area (Å²) in [6.07, 6.45) is 0. The van der Waals surface area contributed by atoms with Gasteiger partial charge < -0.3 is 10.1 Å². The number of nitriles is 1. The predicted octanol–water partition coefficient (Wildman–Crippen LogP) is 2.66. The lowest BCUT2D eigenvalue weighted by atomic mass is 10.2. The molecule has 1 rings (SSSR count). The standard InChI is InChI=1S/C11H13ClN2O/c1-8(7-15-2)14-10-3-4-11(12)9(5-10)6-13/h3-5,8,14H,7H2,1-2H3. The third kappa shape index (κ3) is 3.43. The van der Waals surface area contributed by atoms with E-state index in [1.807, 2.05) is 19.1 Å². The van der Waals surface area contributed by atoms with Crippen molar-refractivity contribution in [3.63, 3.8) is 0 Å². The molecule has 0 heterocycles. The number of hydrogen-bond donors (Lipinski definition) is 1. The first-order chi connectivity index (χ1) is 7.17. The molecule has 1 N–H and O–H groups in total. The summed E-state index contributed by atoms with van der Waals surface area (Å²) in [5.41, 5.74) is 1.35.